The third-order valence-corrected chi connectivity index (χ3v) is 2.31. The summed E-state index contributed by atoms with van der Waals surface area (Å²) in [6.07, 6.45) is 0. The Morgan fingerprint density at radius 1 is 1.41 bits per heavy atom. The van der Waals surface area contributed by atoms with Crippen molar-refractivity contribution in [3.8, 4) is 17.1 Å². The molecule has 0 saturated carbocycles. The minimum absolute atomic E-state index is 0.0249. The van der Waals surface area contributed by atoms with Crippen LogP contribution in [-0.2, 0) is 6.54 Å². The van der Waals surface area contributed by atoms with Crippen molar-refractivity contribution in [3.63, 3.8) is 0 Å². The number of phenolic OH excluding ortho intramolecular Hbond substituents is 1. The Morgan fingerprint density at radius 3 is 2.71 bits per heavy atom. The SMILES string of the molecule is NCc1nc(-c2cc(Cl)c(O)c(F)c2F)no1. The van der Waals surface area contributed by atoms with E-state index in [-0.39, 0.29) is 28.8 Å². The van der Waals surface area contributed by atoms with E-state index in [1.165, 1.54) is 0 Å². The average molecular weight is 262 g/mol. The van der Waals surface area contributed by atoms with Crippen LogP contribution in [0.25, 0.3) is 11.4 Å². The Morgan fingerprint density at radius 2 is 2.12 bits per heavy atom. The van der Waals surface area contributed by atoms with Gasteiger partial charge in [0.15, 0.2) is 11.6 Å². The number of rotatable bonds is 2. The highest BCUT2D eigenvalue weighted by molar-refractivity contribution is 6.32. The second-order valence-corrected chi connectivity index (χ2v) is 3.51. The van der Waals surface area contributed by atoms with Crippen molar-refractivity contribution in [3.05, 3.63) is 28.6 Å². The number of benzene rings is 1. The molecule has 0 saturated heterocycles. The summed E-state index contributed by atoms with van der Waals surface area (Å²) >= 11 is 5.51. The predicted molar refractivity (Wildman–Crippen MR) is 54.2 cm³/mol. The summed E-state index contributed by atoms with van der Waals surface area (Å²) in [5, 5.41) is 12.1. The number of aromatic nitrogens is 2. The molecule has 90 valence electrons. The molecule has 0 bridgehead atoms. The number of nitrogens with zero attached hydrogens (tertiary/aromatic N) is 2. The van der Waals surface area contributed by atoms with E-state index >= 15 is 0 Å². The molecule has 0 radical (unpaired) electrons. The summed E-state index contributed by atoms with van der Waals surface area (Å²) in [5.41, 5.74) is 4.92. The Kier molecular flexibility index (Phi) is 2.95. The molecule has 0 aliphatic heterocycles. The maximum atomic E-state index is 13.5. The molecule has 8 heteroatoms. The van der Waals surface area contributed by atoms with E-state index in [0.717, 1.165) is 6.07 Å². The van der Waals surface area contributed by atoms with Gasteiger partial charge in [0, 0.05) is 0 Å². The third-order valence-electron chi connectivity index (χ3n) is 2.02. The van der Waals surface area contributed by atoms with Gasteiger partial charge in [-0.25, -0.2) is 4.39 Å². The fourth-order valence-electron chi connectivity index (χ4n) is 1.20. The van der Waals surface area contributed by atoms with Gasteiger partial charge in [-0.05, 0) is 6.07 Å². The van der Waals surface area contributed by atoms with Gasteiger partial charge in [0.1, 0.15) is 0 Å². The smallest absolute Gasteiger partial charge is 0.240 e. The van der Waals surface area contributed by atoms with Crippen molar-refractivity contribution in [1.29, 1.82) is 0 Å². The van der Waals surface area contributed by atoms with Crippen LogP contribution in [0, 0.1) is 11.6 Å². The lowest BCUT2D eigenvalue weighted by Gasteiger charge is -2.03. The van der Waals surface area contributed by atoms with Crippen molar-refractivity contribution in [2.75, 3.05) is 0 Å². The molecule has 0 spiro atoms. The first-order chi connectivity index (χ1) is 8.04. The number of hydrogen-bond donors (Lipinski definition) is 2. The summed E-state index contributed by atoms with van der Waals surface area (Å²) in [7, 11) is 0. The molecular weight excluding hydrogens is 256 g/mol. The Bertz CT molecular complexity index is 574. The van der Waals surface area contributed by atoms with Gasteiger partial charge in [-0.15, -0.1) is 0 Å². The van der Waals surface area contributed by atoms with E-state index in [1.807, 2.05) is 0 Å². The number of nitrogens with two attached hydrogens (primary N) is 1. The predicted octanol–water partition coefficient (Wildman–Crippen LogP) is 1.83. The number of phenols is 1. The molecule has 17 heavy (non-hydrogen) atoms. The summed E-state index contributed by atoms with van der Waals surface area (Å²) in [5.74, 6) is -3.86. The maximum absolute atomic E-state index is 13.5. The van der Waals surface area contributed by atoms with E-state index in [0.29, 0.717) is 0 Å². The highest BCUT2D eigenvalue weighted by Crippen LogP contribution is 2.34. The van der Waals surface area contributed by atoms with E-state index in [4.69, 9.17) is 22.4 Å². The molecule has 0 fully saturated rings. The average Bonchev–Trinajstić information content (AvgIpc) is 2.79. The van der Waals surface area contributed by atoms with E-state index < -0.39 is 17.4 Å². The number of aromatic hydroxyl groups is 1. The standard InChI is InChI=1S/C9H6ClF2N3O2/c10-4-1-3(6(11)7(12)8(4)16)9-14-5(2-13)17-15-9/h1,16H,2,13H2. The third kappa shape index (κ3) is 1.94. The maximum Gasteiger partial charge on any atom is 0.240 e. The minimum Gasteiger partial charge on any atom is -0.504 e. The van der Waals surface area contributed by atoms with Crippen molar-refractivity contribution in [2.24, 2.45) is 5.73 Å². The van der Waals surface area contributed by atoms with Gasteiger partial charge in [0.25, 0.3) is 0 Å². The second kappa shape index (κ2) is 4.27. The zero-order valence-corrected chi connectivity index (χ0v) is 9.00. The van der Waals surface area contributed by atoms with Crippen LogP contribution in [-0.4, -0.2) is 15.2 Å². The summed E-state index contributed by atoms with van der Waals surface area (Å²) in [4.78, 5) is 3.72. The molecule has 0 amide bonds. The molecule has 3 N–H and O–H groups in total. The molecule has 2 rings (SSSR count). The molecule has 1 aromatic heterocycles. The van der Waals surface area contributed by atoms with Crippen LogP contribution in [0.2, 0.25) is 5.02 Å². The van der Waals surface area contributed by atoms with Crippen molar-refractivity contribution < 1.29 is 18.4 Å². The van der Waals surface area contributed by atoms with Crippen LogP contribution >= 0.6 is 11.6 Å². The van der Waals surface area contributed by atoms with Gasteiger partial charge in [0.05, 0.1) is 17.1 Å². The fraction of sp³-hybridized carbons (Fsp3) is 0.111. The van der Waals surface area contributed by atoms with Crippen molar-refractivity contribution in [2.45, 2.75) is 6.54 Å². The zero-order chi connectivity index (χ0) is 12.6. The first-order valence-corrected chi connectivity index (χ1v) is 4.82. The largest absolute Gasteiger partial charge is 0.504 e. The van der Waals surface area contributed by atoms with Crippen LogP contribution in [0.1, 0.15) is 5.89 Å². The highest BCUT2D eigenvalue weighted by atomic mass is 35.5. The Labute approximate surface area is 98.8 Å². The van der Waals surface area contributed by atoms with Crippen LogP contribution in [0.15, 0.2) is 10.6 Å². The van der Waals surface area contributed by atoms with Gasteiger partial charge < -0.3 is 15.4 Å². The lowest BCUT2D eigenvalue weighted by molar-refractivity contribution is 0.380. The van der Waals surface area contributed by atoms with Crippen molar-refractivity contribution in [1.82, 2.24) is 10.1 Å². The summed E-state index contributed by atoms with van der Waals surface area (Å²) in [6, 6.07) is 1.00. The van der Waals surface area contributed by atoms with Crippen LogP contribution < -0.4 is 5.73 Å². The van der Waals surface area contributed by atoms with Crippen LogP contribution in [0.5, 0.6) is 5.75 Å². The summed E-state index contributed by atoms with van der Waals surface area (Å²) < 4.78 is 31.4. The Balaban J connectivity index is 2.59. The quantitative estimate of drug-likeness (QED) is 0.806. The Hall–Kier alpha value is -1.73. The monoisotopic (exact) mass is 261 g/mol. The van der Waals surface area contributed by atoms with Crippen LogP contribution in [0.3, 0.4) is 0 Å². The lowest BCUT2D eigenvalue weighted by atomic mass is 10.2. The molecule has 0 aliphatic carbocycles. The second-order valence-electron chi connectivity index (χ2n) is 3.10. The van der Waals surface area contributed by atoms with Gasteiger partial charge in [-0.1, -0.05) is 16.8 Å². The minimum atomic E-state index is -1.47. The summed E-state index contributed by atoms with van der Waals surface area (Å²) in [6.45, 7) is -0.0249. The zero-order valence-electron chi connectivity index (χ0n) is 8.25. The first-order valence-electron chi connectivity index (χ1n) is 4.44. The van der Waals surface area contributed by atoms with Gasteiger partial charge in [-0.2, -0.15) is 9.37 Å². The first kappa shape index (κ1) is 11.7. The molecular formula is C9H6ClF2N3O2. The molecule has 1 heterocycles. The molecule has 0 atom stereocenters. The van der Waals surface area contributed by atoms with Crippen LogP contribution in [0.4, 0.5) is 8.78 Å². The number of halogens is 3. The van der Waals surface area contributed by atoms with E-state index in [1.54, 1.807) is 0 Å². The van der Waals surface area contributed by atoms with E-state index in [9.17, 15) is 8.78 Å². The number of hydrogen-bond acceptors (Lipinski definition) is 5. The molecule has 0 unspecified atom stereocenters. The topological polar surface area (TPSA) is 85.2 Å². The van der Waals surface area contributed by atoms with Gasteiger partial charge >= 0.3 is 0 Å². The van der Waals surface area contributed by atoms with Gasteiger partial charge in [-0.3, -0.25) is 0 Å². The van der Waals surface area contributed by atoms with E-state index in [2.05, 4.69) is 14.7 Å². The molecule has 1 aromatic carbocycles. The highest BCUT2D eigenvalue weighted by Gasteiger charge is 2.21. The molecule has 2 aromatic rings. The lowest BCUT2D eigenvalue weighted by Crippen LogP contribution is -1.96. The fourth-order valence-corrected chi connectivity index (χ4v) is 1.39. The van der Waals surface area contributed by atoms with Crippen molar-refractivity contribution >= 4 is 11.6 Å². The normalized spacial score (nSPS) is 10.8. The molecule has 5 nitrogen and oxygen atoms in total. The van der Waals surface area contributed by atoms with Gasteiger partial charge in [0.2, 0.25) is 17.5 Å². The molecule has 0 aliphatic rings.